The molecule has 0 radical (unpaired) electrons. The molecule has 0 atom stereocenters. The molecule has 0 amide bonds. The van der Waals surface area contributed by atoms with Crippen LogP contribution in [0.15, 0.2) is 47.6 Å². The second kappa shape index (κ2) is 12.4. The fraction of sp³-hybridized carbons (Fsp3) is 0.333. The van der Waals surface area contributed by atoms with Crippen molar-refractivity contribution in [2.45, 2.75) is 13.8 Å². The van der Waals surface area contributed by atoms with Crippen LogP contribution in [0.4, 0.5) is 29.2 Å². The number of hydrazone groups is 1. The van der Waals surface area contributed by atoms with Crippen LogP contribution in [0.1, 0.15) is 19.4 Å². The summed E-state index contributed by atoms with van der Waals surface area (Å²) in [7, 11) is 0. The molecule has 1 aliphatic rings. The zero-order chi connectivity index (χ0) is 26.0. The summed E-state index contributed by atoms with van der Waals surface area (Å²) in [6, 6.07) is 11.5. The molecule has 0 saturated carbocycles. The van der Waals surface area contributed by atoms with E-state index in [0.717, 1.165) is 5.56 Å². The molecular weight excluding hydrogens is 480 g/mol. The highest BCUT2D eigenvalue weighted by atomic mass is 16.6. The largest absolute Gasteiger partial charge is 0.490 e. The van der Waals surface area contributed by atoms with Gasteiger partial charge in [-0.15, -0.1) is 0 Å². The van der Waals surface area contributed by atoms with Crippen LogP contribution < -0.4 is 25.1 Å². The second-order valence-electron chi connectivity index (χ2n) is 7.75. The minimum atomic E-state index is -0.453. The van der Waals surface area contributed by atoms with Crippen LogP contribution in [-0.4, -0.2) is 65.6 Å². The van der Waals surface area contributed by atoms with Gasteiger partial charge in [-0.2, -0.15) is 20.1 Å². The molecule has 0 unspecified atom stereocenters. The van der Waals surface area contributed by atoms with Crippen molar-refractivity contribution in [3.63, 3.8) is 0 Å². The summed E-state index contributed by atoms with van der Waals surface area (Å²) in [5.74, 6) is 2.26. The van der Waals surface area contributed by atoms with Gasteiger partial charge in [-0.05, 0) is 49.7 Å². The number of hydrogen-bond acceptors (Lipinski definition) is 12. The Kier molecular flexibility index (Phi) is 8.60. The molecule has 0 aliphatic carbocycles. The third-order valence-electron chi connectivity index (χ3n) is 5.20. The number of non-ortho nitro benzene ring substituents is 1. The first-order valence-electron chi connectivity index (χ1n) is 11.8. The number of ether oxygens (including phenoxy) is 3. The summed E-state index contributed by atoms with van der Waals surface area (Å²) >= 11 is 0. The first kappa shape index (κ1) is 25.6. The molecule has 2 N–H and O–H groups in total. The normalized spacial score (nSPS) is 13.4. The van der Waals surface area contributed by atoms with E-state index in [1.165, 1.54) is 12.1 Å². The Labute approximate surface area is 213 Å². The van der Waals surface area contributed by atoms with Gasteiger partial charge in [-0.25, -0.2) is 5.43 Å². The summed E-state index contributed by atoms with van der Waals surface area (Å²) in [5, 5.41) is 18.3. The van der Waals surface area contributed by atoms with E-state index in [1.54, 1.807) is 18.3 Å². The zero-order valence-electron chi connectivity index (χ0n) is 20.6. The highest BCUT2D eigenvalue weighted by Gasteiger charge is 2.17. The van der Waals surface area contributed by atoms with E-state index in [0.29, 0.717) is 62.7 Å². The number of benzene rings is 2. The van der Waals surface area contributed by atoms with Gasteiger partial charge in [-0.1, -0.05) is 0 Å². The van der Waals surface area contributed by atoms with Crippen molar-refractivity contribution in [3.8, 4) is 11.5 Å². The SMILES string of the molecule is CCOc1ccc(C=NNc2nc(Nc3ccc([N+](=O)[O-])cc3)nc(N3CCOCC3)n2)cc1OCC. The number of nitrogens with zero attached hydrogens (tertiary/aromatic N) is 6. The highest BCUT2D eigenvalue weighted by Crippen LogP contribution is 2.28. The van der Waals surface area contributed by atoms with Gasteiger partial charge in [0.1, 0.15) is 0 Å². The van der Waals surface area contributed by atoms with E-state index < -0.39 is 4.92 Å². The molecule has 0 spiro atoms. The standard InChI is InChI=1S/C24H28N8O5/c1-3-36-20-10-5-17(15-21(20)37-4-2)16-25-30-23-27-22(26-18-6-8-19(9-7-18)32(33)34)28-24(29-23)31-11-13-35-14-12-31/h5-10,15-16H,3-4,11-14H2,1-2H3,(H2,26,27,28,29,30). The topological polar surface area (TPSA) is 149 Å². The molecule has 4 rings (SSSR count). The summed E-state index contributed by atoms with van der Waals surface area (Å²) in [5.41, 5.74) is 4.25. The van der Waals surface area contributed by atoms with Crippen molar-refractivity contribution in [2.75, 3.05) is 55.2 Å². The molecule has 1 aromatic heterocycles. The van der Waals surface area contributed by atoms with Crippen LogP contribution >= 0.6 is 0 Å². The maximum absolute atomic E-state index is 10.9. The Morgan fingerprint density at radius 2 is 1.73 bits per heavy atom. The number of nitro benzene ring substituents is 1. The third kappa shape index (κ3) is 7.01. The summed E-state index contributed by atoms with van der Waals surface area (Å²) in [6.07, 6.45) is 1.62. The van der Waals surface area contributed by atoms with Crippen molar-refractivity contribution in [3.05, 3.63) is 58.1 Å². The second-order valence-corrected chi connectivity index (χ2v) is 7.75. The fourth-order valence-electron chi connectivity index (χ4n) is 3.48. The highest BCUT2D eigenvalue weighted by molar-refractivity contribution is 5.81. The molecule has 3 aromatic rings. The number of rotatable bonds is 11. The van der Waals surface area contributed by atoms with Gasteiger partial charge in [0.05, 0.1) is 37.6 Å². The third-order valence-corrected chi connectivity index (χ3v) is 5.20. The quantitative estimate of drug-likeness (QED) is 0.222. The van der Waals surface area contributed by atoms with E-state index in [2.05, 4.69) is 30.8 Å². The Hall–Kier alpha value is -4.52. The number of anilines is 4. The van der Waals surface area contributed by atoms with Gasteiger partial charge >= 0.3 is 0 Å². The molecule has 1 fully saturated rings. The molecule has 13 nitrogen and oxygen atoms in total. The van der Waals surface area contributed by atoms with Crippen molar-refractivity contribution in [1.29, 1.82) is 0 Å². The number of morpholine rings is 1. The monoisotopic (exact) mass is 508 g/mol. The first-order valence-corrected chi connectivity index (χ1v) is 11.8. The molecule has 194 valence electrons. The van der Waals surface area contributed by atoms with Gasteiger partial charge in [-0.3, -0.25) is 10.1 Å². The minimum Gasteiger partial charge on any atom is -0.490 e. The maximum atomic E-state index is 10.9. The van der Waals surface area contributed by atoms with E-state index in [1.807, 2.05) is 36.9 Å². The van der Waals surface area contributed by atoms with Crippen LogP contribution in [0.3, 0.4) is 0 Å². The average Bonchev–Trinajstić information content (AvgIpc) is 2.91. The molecule has 1 aliphatic heterocycles. The van der Waals surface area contributed by atoms with Gasteiger partial charge in [0.15, 0.2) is 11.5 Å². The van der Waals surface area contributed by atoms with E-state index in [-0.39, 0.29) is 17.6 Å². The zero-order valence-corrected chi connectivity index (χ0v) is 20.6. The van der Waals surface area contributed by atoms with Gasteiger partial charge in [0.2, 0.25) is 17.8 Å². The Morgan fingerprint density at radius 1 is 1.03 bits per heavy atom. The predicted molar refractivity (Wildman–Crippen MR) is 139 cm³/mol. The van der Waals surface area contributed by atoms with Crippen LogP contribution in [-0.2, 0) is 4.74 Å². The lowest BCUT2D eigenvalue weighted by Crippen LogP contribution is -2.37. The maximum Gasteiger partial charge on any atom is 0.269 e. The van der Waals surface area contributed by atoms with Crippen LogP contribution in [0.5, 0.6) is 11.5 Å². The molecule has 2 heterocycles. The summed E-state index contributed by atoms with van der Waals surface area (Å²) in [4.78, 5) is 25.9. The van der Waals surface area contributed by atoms with E-state index in [9.17, 15) is 10.1 Å². The van der Waals surface area contributed by atoms with Gasteiger partial charge in [0.25, 0.3) is 5.69 Å². The molecule has 13 heteroatoms. The summed E-state index contributed by atoms with van der Waals surface area (Å²) in [6.45, 7) is 7.28. The van der Waals surface area contributed by atoms with Crippen LogP contribution in [0.25, 0.3) is 0 Å². The van der Waals surface area contributed by atoms with Crippen LogP contribution in [0, 0.1) is 10.1 Å². The van der Waals surface area contributed by atoms with Crippen LogP contribution in [0.2, 0.25) is 0 Å². The lowest BCUT2D eigenvalue weighted by molar-refractivity contribution is -0.384. The number of aromatic nitrogens is 3. The number of nitro groups is 1. The number of hydrogen-bond donors (Lipinski definition) is 2. The Balaban J connectivity index is 1.54. The lowest BCUT2D eigenvalue weighted by atomic mass is 10.2. The molecular formula is C24H28N8O5. The van der Waals surface area contributed by atoms with E-state index >= 15 is 0 Å². The average molecular weight is 509 g/mol. The fourth-order valence-corrected chi connectivity index (χ4v) is 3.48. The van der Waals surface area contributed by atoms with Crippen molar-refractivity contribution >= 4 is 35.4 Å². The lowest BCUT2D eigenvalue weighted by Gasteiger charge is -2.27. The van der Waals surface area contributed by atoms with Gasteiger partial charge in [0, 0.05) is 30.9 Å². The van der Waals surface area contributed by atoms with E-state index in [4.69, 9.17) is 14.2 Å². The first-order chi connectivity index (χ1) is 18.1. The van der Waals surface area contributed by atoms with Gasteiger partial charge < -0.3 is 24.4 Å². The minimum absolute atomic E-state index is 0.00585. The number of nitrogens with one attached hydrogen (secondary N) is 2. The van der Waals surface area contributed by atoms with Crippen molar-refractivity contribution < 1.29 is 19.1 Å². The summed E-state index contributed by atoms with van der Waals surface area (Å²) < 4.78 is 16.7. The van der Waals surface area contributed by atoms with Crippen molar-refractivity contribution in [1.82, 2.24) is 15.0 Å². The predicted octanol–water partition coefficient (Wildman–Crippen LogP) is 3.60. The molecule has 37 heavy (non-hydrogen) atoms. The Bertz CT molecular complexity index is 1230. The molecule has 2 aromatic carbocycles. The smallest absolute Gasteiger partial charge is 0.269 e. The van der Waals surface area contributed by atoms with Crippen molar-refractivity contribution in [2.24, 2.45) is 5.10 Å². The Morgan fingerprint density at radius 3 is 2.43 bits per heavy atom. The molecule has 1 saturated heterocycles. The molecule has 0 bridgehead atoms.